The molecule has 1 heterocycles. The number of ketones is 1. The Labute approximate surface area is 232 Å². The lowest BCUT2D eigenvalue weighted by Crippen LogP contribution is -2.53. The number of carboxylic acids is 1. The average molecular weight is 570 g/mol. The molecule has 1 aliphatic heterocycles. The Balaban J connectivity index is 1.96. The van der Waals surface area contributed by atoms with Crippen LogP contribution in [0.2, 0.25) is 0 Å². The van der Waals surface area contributed by atoms with Gasteiger partial charge >= 0.3 is 12.2 Å². The number of likely N-dealkylation sites (N-methyl/N-ethyl adjacent to an activating group) is 1. The number of hydrogen-bond donors (Lipinski definition) is 2. The second kappa shape index (κ2) is 12.8. The monoisotopic (exact) mass is 569 g/mol. The minimum Gasteiger partial charge on any atom is -0.481 e. The fourth-order valence-electron chi connectivity index (χ4n) is 4.50. The van der Waals surface area contributed by atoms with Gasteiger partial charge in [-0.15, -0.1) is 0 Å². The predicted octanol–water partition coefficient (Wildman–Crippen LogP) is 1.97. The number of aliphatic carboxylic acids is 1. The third-order valence-electron chi connectivity index (χ3n) is 6.54. The van der Waals surface area contributed by atoms with Crippen LogP contribution in [0.5, 0.6) is 0 Å². The molecule has 0 bridgehead atoms. The summed E-state index contributed by atoms with van der Waals surface area (Å²) in [4.78, 5) is 47.4. The molecule has 0 aliphatic carbocycles. The second-order valence-electron chi connectivity index (χ2n) is 9.80. The van der Waals surface area contributed by atoms with E-state index in [1.54, 1.807) is 74.5 Å². The van der Waals surface area contributed by atoms with Crippen LogP contribution in [0, 0.1) is 5.92 Å². The number of hydrogen-bond acceptors (Lipinski definition) is 7. The van der Waals surface area contributed by atoms with E-state index < -0.39 is 51.8 Å². The van der Waals surface area contributed by atoms with Crippen molar-refractivity contribution in [3.8, 4) is 0 Å². The Bertz CT molecular complexity index is 1420. The molecule has 12 nitrogen and oxygen atoms in total. The molecular weight excluding hydrogens is 538 g/mol. The number of carbonyl (C=O) groups is 3. The van der Waals surface area contributed by atoms with Crippen molar-refractivity contribution < 1.29 is 37.5 Å². The van der Waals surface area contributed by atoms with Crippen molar-refractivity contribution in [2.45, 2.75) is 50.1 Å². The van der Waals surface area contributed by atoms with Crippen molar-refractivity contribution in [1.29, 1.82) is 0 Å². The Kier molecular flexibility index (Phi) is 9.69. The van der Waals surface area contributed by atoms with E-state index in [2.05, 4.69) is 14.7 Å². The summed E-state index contributed by atoms with van der Waals surface area (Å²) in [6.07, 6.45) is -0.390. The van der Waals surface area contributed by atoms with Gasteiger partial charge in [-0.25, -0.2) is 13.1 Å². The Morgan fingerprint density at radius 2 is 1.75 bits per heavy atom. The van der Waals surface area contributed by atoms with Crippen LogP contribution in [0.25, 0.3) is 5.53 Å². The molecule has 0 aromatic heterocycles. The van der Waals surface area contributed by atoms with Gasteiger partial charge in [0.2, 0.25) is 15.6 Å². The number of nitrogens with zero attached hydrogens (tertiary/aromatic N) is 4. The highest BCUT2D eigenvalue weighted by Crippen LogP contribution is 2.39. The maximum atomic E-state index is 14.0. The van der Waals surface area contributed by atoms with Crippen LogP contribution in [0.4, 0.5) is 0 Å². The van der Waals surface area contributed by atoms with E-state index >= 15 is 0 Å². The molecule has 1 aliphatic rings. The number of oxime groups is 1. The molecule has 2 N–H and O–H groups in total. The molecule has 0 saturated heterocycles. The molecule has 0 fully saturated rings. The van der Waals surface area contributed by atoms with Gasteiger partial charge in [0.25, 0.3) is 11.7 Å². The minimum absolute atomic E-state index is 0.168. The molecule has 0 spiro atoms. The lowest BCUT2D eigenvalue weighted by molar-refractivity contribution is -0.160. The number of amides is 1. The number of sulfonamides is 1. The van der Waals surface area contributed by atoms with E-state index in [9.17, 15) is 27.9 Å². The fraction of sp³-hybridized carbons (Fsp3) is 0.370. The number of carbonyl (C=O) groups excluding carboxylic acids is 2. The summed E-state index contributed by atoms with van der Waals surface area (Å²) < 4.78 is 28.8. The van der Waals surface area contributed by atoms with Crippen LogP contribution >= 0.6 is 0 Å². The third-order valence-corrected chi connectivity index (χ3v) is 7.86. The van der Waals surface area contributed by atoms with Gasteiger partial charge < -0.3 is 20.4 Å². The lowest BCUT2D eigenvalue weighted by atomic mass is 9.84. The van der Waals surface area contributed by atoms with Crippen molar-refractivity contribution in [2.75, 3.05) is 7.05 Å². The molecular formula is C27H31N5O7S. The Hall–Kier alpha value is -4.19. The van der Waals surface area contributed by atoms with Crippen LogP contribution in [0.15, 0.2) is 65.8 Å². The molecule has 0 saturated carbocycles. The average Bonchev–Trinajstić information content (AvgIpc) is 3.36. The van der Waals surface area contributed by atoms with Crippen molar-refractivity contribution >= 4 is 39.6 Å². The van der Waals surface area contributed by atoms with E-state index in [0.717, 1.165) is 4.90 Å². The standard InChI is InChI=1S/C27H31N5O7S/c1-18(2)25(31-40(37,38)17-19-10-6-4-7-11-19)21-15-27(39-30-21,20-12-8-5-9-13-20)26(36)32(3)22(14-24(34)35)23(33)16-29-28/h4-13,16,18,22,25,31H,14-15,17H2,1-3H3,(H,34,35)/t22-,25-,27?/m0/s1. The molecule has 2 aromatic rings. The van der Waals surface area contributed by atoms with E-state index in [1.807, 2.05) is 0 Å². The predicted molar refractivity (Wildman–Crippen MR) is 146 cm³/mol. The summed E-state index contributed by atoms with van der Waals surface area (Å²) in [5, 5.41) is 13.5. The van der Waals surface area contributed by atoms with Gasteiger partial charge in [-0.2, -0.15) is 4.79 Å². The molecule has 13 heteroatoms. The van der Waals surface area contributed by atoms with E-state index in [0.29, 0.717) is 17.3 Å². The molecule has 3 atom stereocenters. The maximum Gasteiger partial charge on any atom is 0.325 e. The highest BCUT2D eigenvalue weighted by atomic mass is 32.2. The first kappa shape index (κ1) is 30.4. The number of nitrogens with one attached hydrogen (secondary N) is 1. The van der Waals surface area contributed by atoms with Gasteiger partial charge in [0.1, 0.15) is 6.04 Å². The molecule has 40 heavy (non-hydrogen) atoms. The zero-order valence-electron chi connectivity index (χ0n) is 22.3. The first-order valence-corrected chi connectivity index (χ1v) is 14.1. The SMILES string of the molecule is CC(C)[C@H](NS(=O)(=O)Cc1ccccc1)C1=NOC(C(=O)N(C)[C@@H](CC(=O)O)C(=O)C=[N+]=[N-])(c2ccccc2)C1. The molecule has 1 unspecified atom stereocenters. The van der Waals surface area contributed by atoms with Crippen molar-refractivity contribution in [3.63, 3.8) is 0 Å². The van der Waals surface area contributed by atoms with E-state index in [-0.39, 0.29) is 23.8 Å². The largest absolute Gasteiger partial charge is 0.481 e. The summed E-state index contributed by atoms with van der Waals surface area (Å²) in [5.74, 6) is -3.58. The van der Waals surface area contributed by atoms with Crippen molar-refractivity contribution in [3.05, 3.63) is 77.3 Å². The minimum atomic E-state index is -3.83. The Morgan fingerprint density at radius 3 is 2.30 bits per heavy atom. The highest BCUT2D eigenvalue weighted by molar-refractivity contribution is 7.88. The third kappa shape index (κ3) is 7.06. The second-order valence-corrected chi connectivity index (χ2v) is 11.6. The van der Waals surface area contributed by atoms with Crippen LogP contribution in [0.1, 0.15) is 37.8 Å². The highest BCUT2D eigenvalue weighted by Gasteiger charge is 2.53. The normalized spacial score (nSPS) is 18.1. The Morgan fingerprint density at radius 1 is 1.15 bits per heavy atom. The summed E-state index contributed by atoms with van der Waals surface area (Å²) in [7, 11) is -2.59. The van der Waals surface area contributed by atoms with Crippen LogP contribution in [-0.2, 0) is 40.6 Å². The molecule has 2 aromatic carbocycles. The van der Waals surface area contributed by atoms with E-state index in [1.165, 1.54) is 7.05 Å². The number of rotatable bonds is 13. The number of Topliss-reactive ketones (excluding diaryl/α,β-unsaturated/α-hetero) is 1. The number of benzene rings is 2. The van der Waals surface area contributed by atoms with Gasteiger partial charge in [0, 0.05) is 19.0 Å². The first-order chi connectivity index (χ1) is 18.9. The zero-order valence-corrected chi connectivity index (χ0v) is 23.1. The van der Waals surface area contributed by atoms with Gasteiger partial charge in [-0.3, -0.25) is 14.4 Å². The van der Waals surface area contributed by atoms with Gasteiger partial charge in [0.05, 0.1) is 23.9 Å². The quantitative estimate of drug-likeness (QED) is 0.210. The smallest absolute Gasteiger partial charge is 0.325 e. The first-order valence-electron chi connectivity index (χ1n) is 12.4. The van der Waals surface area contributed by atoms with Crippen LogP contribution in [-0.4, -0.2) is 71.9 Å². The van der Waals surface area contributed by atoms with E-state index in [4.69, 9.17) is 10.4 Å². The molecule has 3 rings (SSSR count). The summed E-state index contributed by atoms with van der Waals surface area (Å²) in [6, 6.07) is 14.7. The van der Waals surface area contributed by atoms with Crippen molar-refractivity contribution in [2.24, 2.45) is 11.1 Å². The zero-order chi connectivity index (χ0) is 29.5. The topological polar surface area (TPSA) is 179 Å². The van der Waals surface area contributed by atoms with Gasteiger partial charge in [0.15, 0.2) is 0 Å². The number of carboxylic acid groups (broad SMARTS) is 1. The van der Waals surface area contributed by atoms with Crippen molar-refractivity contribution in [1.82, 2.24) is 9.62 Å². The van der Waals surface area contributed by atoms with Gasteiger partial charge in [-0.05, 0) is 11.5 Å². The molecule has 212 valence electrons. The van der Waals surface area contributed by atoms with Crippen LogP contribution < -0.4 is 4.72 Å². The molecule has 0 radical (unpaired) electrons. The molecule has 1 amide bonds. The summed E-state index contributed by atoms with van der Waals surface area (Å²) in [6.45, 7) is 3.59. The lowest BCUT2D eigenvalue weighted by Gasteiger charge is -2.33. The maximum absolute atomic E-state index is 14.0. The summed E-state index contributed by atoms with van der Waals surface area (Å²) >= 11 is 0. The van der Waals surface area contributed by atoms with Crippen LogP contribution in [0.3, 0.4) is 0 Å². The fourth-order valence-corrected chi connectivity index (χ4v) is 6.01. The van der Waals surface area contributed by atoms with Gasteiger partial charge in [-0.1, -0.05) is 79.7 Å². The summed E-state index contributed by atoms with van der Waals surface area (Å²) in [5.41, 5.74) is 8.23.